The van der Waals surface area contributed by atoms with Crippen LogP contribution in [-0.4, -0.2) is 51.5 Å². The maximum atomic E-state index is 12.8. The smallest absolute Gasteiger partial charge is 0.338 e. The molecule has 4 aromatic rings. The first-order chi connectivity index (χ1) is 17.8. The third-order valence-corrected chi connectivity index (χ3v) is 7.17. The minimum atomic E-state index is -1.34. The number of carbonyl (C=O) groups excluding carboxylic acids is 2. The number of aliphatic hydroxyl groups is 1. The average molecular weight is 606 g/mol. The van der Waals surface area contributed by atoms with E-state index in [2.05, 4.69) is 20.9 Å². The Hall–Kier alpha value is -2.95. The number of aromatic nitrogens is 2. The van der Waals surface area contributed by atoms with Crippen molar-refractivity contribution in [2.45, 2.75) is 24.5 Å². The SMILES string of the molecule is O=C(OC[C@@H]1O[C@H](n2c(Br)nc3cc(Cl)c(Cl)cc32)[C@@H](O)[C@@H]1OC(=O)c1ccccc1)c1ccccc1. The Morgan fingerprint density at radius 3 is 2.22 bits per heavy atom. The van der Waals surface area contributed by atoms with E-state index in [4.69, 9.17) is 37.4 Å². The number of imidazole rings is 1. The summed E-state index contributed by atoms with van der Waals surface area (Å²) in [6, 6.07) is 20.0. The van der Waals surface area contributed by atoms with Crippen molar-refractivity contribution in [3.05, 3.63) is 98.7 Å². The van der Waals surface area contributed by atoms with Gasteiger partial charge in [0.2, 0.25) is 0 Å². The summed E-state index contributed by atoms with van der Waals surface area (Å²) in [4.78, 5) is 29.8. The fraction of sp³-hybridized carbons (Fsp3) is 0.192. The van der Waals surface area contributed by atoms with Gasteiger partial charge in [-0.1, -0.05) is 59.6 Å². The second-order valence-corrected chi connectivity index (χ2v) is 9.79. The predicted octanol–water partition coefficient (Wildman–Crippen LogP) is 5.45. The third-order valence-electron chi connectivity index (χ3n) is 5.89. The van der Waals surface area contributed by atoms with Gasteiger partial charge >= 0.3 is 11.9 Å². The van der Waals surface area contributed by atoms with Gasteiger partial charge in [-0.15, -0.1) is 0 Å². The summed E-state index contributed by atoms with van der Waals surface area (Å²) in [5.41, 5.74) is 1.69. The Balaban J connectivity index is 1.45. The molecule has 2 heterocycles. The summed E-state index contributed by atoms with van der Waals surface area (Å²) >= 11 is 15.8. The van der Waals surface area contributed by atoms with Crippen LogP contribution >= 0.6 is 39.1 Å². The number of esters is 2. The molecule has 0 spiro atoms. The number of benzene rings is 3. The van der Waals surface area contributed by atoms with Crippen molar-refractivity contribution in [1.82, 2.24) is 9.55 Å². The maximum absolute atomic E-state index is 12.8. The van der Waals surface area contributed by atoms with E-state index in [9.17, 15) is 14.7 Å². The van der Waals surface area contributed by atoms with Crippen molar-refractivity contribution in [2.75, 3.05) is 6.61 Å². The molecule has 4 atom stereocenters. The predicted molar refractivity (Wildman–Crippen MR) is 140 cm³/mol. The maximum Gasteiger partial charge on any atom is 0.338 e. The van der Waals surface area contributed by atoms with Crippen LogP contribution in [0.5, 0.6) is 0 Å². The van der Waals surface area contributed by atoms with E-state index < -0.39 is 36.5 Å². The Labute approximate surface area is 229 Å². The van der Waals surface area contributed by atoms with E-state index in [-0.39, 0.29) is 11.6 Å². The van der Waals surface area contributed by atoms with Crippen molar-refractivity contribution >= 4 is 62.1 Å². The molecular weight excluding hydrogens is 587 g/mol. The van der Waals surface area contributed by atoms with E-state index in [1.165, 1.54) is 0 Å². The molecule has 0 aliphatic carbocycles. The molecule has 0 saturated carbocycles. The zero-order chi connectivity index (χ0) is 26.1. The second-order valence-electron chi connectivity index (χ2n) is 8.26. The van der Waals surface area contributed by atoms with Gasteiger partial charge in [0, 0.05) is 0 Å². The van der Waals surface area contributed by atoms with Crippen molar-refractivity contribution in [3.63, 3.8) is 0 Å². The molecule has 0 amide bonds. The summed E-state index contributed by atoms with van der Waals surface area (Å²) in [6.45, 7) is -0.273. The molecular formula is C26H19BrCl2N2O6. The number of fused-ring (bicyclic) bond motifs is 1. The molecule has 11 heteroatoms. The lowest BCUT2D eigenvalue weighted by Gasteiger charge is -2.21. The molecule has 1 N–H and O–H groups in total. The molecule has 0 bridgehead atoms. The Morgan fingerprint density at radius 2 is 1.57 bits per heavy atom. The van der Waals surface area contributed by atoms with Crippen LogP contribution in [0, 0.1) is 0 Å². The molecule has 37 heavy (non-hydrogen) atoms. The first kappa shape index (κ1) is 25.7. The first-order valence-electron chi connectivity index (χ1n) is 11.2. The largest absolute Gasteiger partial charge is 0.459 e. The van der Waals surface area contributed by atoms with Crippen LogP contribution in [0.15, 0.2) is 77.5 Å². The highest BCUT2D eigenvalue weighted by Gasteiger charge is 2.49. The summed E-state index contributed by atoms with van der Waals surface area (Å²) in [5, 5.41) is 11.9. The molecule has 1 fully saturated rings. The van der Waals surface area contributed by atoms with Gasteiger partial charge in [0.15, 0.2) is 17.1 Å². The average Bonchev–Trinajstić information content (AvgIpc) is 3.38. The minimum absolute atomic E-state index is 0.273. The highest BCUT2D eigenvalue weighted by Crippen LogP contribution is 2.38. The Kier molecular flexibility index (Phi) is 7.50. The highest BCUT2D eigenvalue weighted by molar-refractivity contribution is 9.10. The van der Waals surface area contributed by atoms with Gasteiger partial charge in [-0.05, 0) is 52.3 Å². The van der Waals surface area contributed by atoms with E-state index in [1.54, 1.807) is 77.4 Å². The van der Waals surface area contributed by atoms with E-state index >= 15 is 0 Å². The van der Waals surface area contributed by atoms with Gasteiger partial charge in [-0.25, -0.2) is 14.6 Å². The normalized spacial score (nSPS) is 21.2. The lowest BCUT2D eigenvalue weighted by Crippen LogP contribution is -2.38. The van der Waals surface area contributed by atoms with Gasteiger partial charge in [0.25, 0.3) is 0 Å². The number of aliphatic hydroxyl groups excluding tert-OH is 1. The highest BCUT2D eigenvalue weighted by atomic mass is 79.9. The molecule has 0 unspecified atom stereocenters. The quantitative estimate of drug-likeness (QED) is 0.292. The van der Waals surface area contributed by atoms with Crippen LogP contribution in [0.3, 0.4) is 0 Å². The summed E-state index contributed by atoms with van der Waals surface area (Å²) in [7, 11) is 0. The third kappa shape index (κ3) is 5.23. The number of hydrogen-bond acceptors (Lipinski definition) is 7. The summed E-state index contributed by atoms with van der Waals surface area (Å²) in [5.74, 6) is -1.23. The summed E-state index contributed by atoms with van der Waals surface area (Å²) in [6.07, 6.45) is -4.53. The van der Waals surface area contributed by atoms with Crippen LogP contribution in [-0.2, 0) is 14.2 Å². The van der Waals surface area contributed by atoms with Crippen LogP contribution < -0.4 is 0 Å². The van der Waals surface area contributed by atoms with Crippen molar-refractivity contribution in [1.29, 1.82) is 0 Å². The van der Waals surface area contributed by atoms with E-state index in [1.807, 2.05) is 0 Å². The Bertz CT molecular complexity index is 1450. The number of hydrogen-bond donors (Lipinski definition) is 1. The number of halogens is 3. The fourth-order valence-electron chi connectivity index (χ4n) is 4.10. The fourth-order valence-corrected chi connectivity index (χ4v) is 5.00. The summed E-state index contributed by atoms with van der Waals surface area (Å²) < 4.78 is 19.2. The van der Waals surface area contributed by atoms with Crippen LogP contribution in [0.2, 0.25) is 10.0 Å². The lowest BCUT2D eigenvalue weighted by atomic mass is 10.1. The molecule has 5 rings (SSSR count). The van der Waals surface area contributed by atoms with Crippen molar-refractivity contribution < 1.29 is 28.9 Å². The second kappa shape index (κ2) is 10.8. The molecule has 190 valence electrons. The number of nitrogens with zero attached hydrogens (tertiary/aromatic N) is 2. The first-order valence-corrected chi connectivity index (χ1v) is 12.7. The standard InChI is InChI=1S/C26H19BrCl2N2O6/c27-26-30-18-11-16(28)17(29)12-19(18)31(26)23-21(32)22(37-25(34)15-9-5-2-6-10-15)20(36-23)13-35-24(33)14-7-3-1-4-8-14/h1-12,20-23,32H,13H2/t20-,21-,22+,23-/m0/s1. The van der Waals surface area contributed by atoms with Gasteiger partial charge in [-0.3, -0.25) is 4.57 Å². The molecule has 1 aliphatic rings. The zero-order valence-corrected chi connectivity index (χ0v) is 22.1. The van der Waals surface area contributed by atoms with Crippen LogP contribution in [0.1, 0.15) is 26.9 Å². The molecule has 8 nitrogen and oxygen atoms in total. The monoisotopic (exact) mass is 604 g/mol. The van der Waals surface area contributed by atoms with E-state index in [0.717, 1.165) is 0 Å². The molecule has 1 aromatic heterocycles. The topological polar surface area (TPSA) is 99.9 Å². The molecule has 1 saturated heterocycles. The van der Waals surface area contributed by atoms with Crippen molar-refractivity contribution in [2.24, 2.45) is 0 Å². The number of ether oxygens (including phenoxy) is 3. The van der Waals surface area contributed by atoms with Crippen LogP contribution in [0.4, 0.5) is 0 Å². The number of rotatable bonds is 6. The van der Waals surface area contributed by atoms with Crippen LogP contribution in [0.25, 0.3) is 11.0 Å². The van der Waals surface area contributed by atoms with Crippen molar-refractivity contribution in [3.8, 4) is 0 Å². The minimum Gasteiger partial charge on any atom is -0.459 e. The van der Waals surface area contributed by atoms with E-state index in [0.29, 0.717) is 31.9 Å². The zero-order valence-electron chi connectivity index (χ0n) is 19.0. The van der Waals surface area contributed by atoms with Gasteiger partial charge in [0.05, 0.1) is 32.2 Å². The Morgan fingerprint density at radius 1 is 0.973 bits per heavy atom. The van der Waals surface area contributed by atoms with Gasteiger partial charge in [0.1, 0.15) is 18.8 Å². The number of carbonyl (C=O) groups is 2. The molecule has 0 radical (unpaired) electrons. The molecule has 3 aromatic carbocycles. The van der Waals surface area contributed by atoms with Gasteiger partial charge in [-0.2, -0.15) is 0 Å². The van der Waals surface area contributed by atoms with Gasteiger partial charge < -0.3 is 19.3 Å². The molecule has 1 aliphatic heterocycles. The lowest BCUT2D eigenvalue weighted by molar-refractivity contribution is -0.0591.